The SMILES string of the molecule is N[C@@H](CCO)c1cc(Cl)ccc1[N+](=O)[O-]. The standard InChI is InChI=1S/C9H11ClN2O3/c10-6-1-2-9(12(14)15)7(5-6)8(11)3-4-13/h1-2,5,8,13H,3-4,11H2/t8-/m0/s1. The second-order valence-electron chi connectivity index (χ2n) is 3.08. The van der Waals surface area contributed by atoms with E-state index in [4.69, 9.17) is 22.4 Å². The van der Waals surface area contributed by atoms with Gasteiger partial charge in [0.15, 0.2) is 0 Å². The molecule has 0 unspecified atom stereocenters. The highest BCUT2D eigenvalue weighted by molar-refractivity contribution is 6.30. The zero-order valence-electron chi connectivity index (χ0n) is 7.89. The molecule has 1 aromatic rings. The molecule has 0 heterocycles. The Kier molecular flexibility index (Phi) is 4.02. The number of aliphatic hydroxyl groups excluding tert-OH is 1. The minimum atomic E-state index is -0.575. The first-order valence-electron chi connectivity index (χ1n) is 4.36. The van der Waals surface area contributed by atoms with E-state index < -0.39 is 11.0 Å². The quantitative estimate of drug-likeness (QED) is 0.608. The Morgan fingerprint density at radius 1 is 1.60 bits per heavy atom. The van der Waals surface area contributed by atoms with Gasteiger partial charge in [0, 0.05) is 29.3 Å². The Morgan fingerprint density at radius 2 is 2.27 bits per heavy atom. The monoisotopic (exact) mass is 230 g/mol. The first-order valence-corrected chi connectivity index (χ1v) is 4.74. The smallest absolute Gasteiger partial charge is 0.274 e. The van der Waals surface area contributed by atoms with Gasteiger partial charge in [-0.15, -0.1) is 0 Å². The maximum absolute atomic E-state index is 10.7. The van der Waals surface area contributed by atoms with Gasteiger partial charge in [-0.3, -0.25) is 10.1 Å². The van der Waals surface area contributed by atoms with Crippen LogP contribution in [0.15, 0.2) is 18.2 Å². The van der Waals surface area contributed by atoms with Gasteiger partial charge in [0.05, 0.1) is 4.92 Å². The molecular formula is C9H11ClN2O3. The summed E-state index contributed by atoms with van der Waals surface area (Å²) < 4.78 is 0. The number of rotatable bonds is 4. The van der Waals surface area contributed by atoms with Crippen molar-refractivity contribution in [2.24, 2.45) is 5.73 Å². The van der Waals surface area contributed by atoms with Gasteiger partial charge in [-0.05, 0) is 18.6 Å². The number of aliphatic hydroxyl groups is 1. The summed E-state index contributed by atoms with van der Waals surface area (Å²) in [7, 11) is 0. The summed E-state index contributed by atoms with van der Waals surface area (Å²) in [5.41, 5.74) is 5.97. The first kappa shape index (κ1) is 11.9. The highest BCUT2D eigenvalue weighted by Crippen LogP contribution is 2.28. The van der Waals surface area contributed by atoms with Crippen LogP contribution in [0.5, 0.6) is 0 Å². The lowest BCUT2D eigenvalue weighted by Gasteiger charge is -2.10. The largest absolute Gasteiger partial charge is 0.396 e. The van der Waals surface area contributed by atoms with Gasteiger partial charge in [0.25, 0.3) is 5.69 Å². The number of benzene rings is 1. The van der Waals surface area contributed by atoms with Crippen LogP contribution in [0, 0.1) is 10.1 Å². The van der Waals surface area contributed by atoms with Gasteiger partial charge >= 0.3 is 0 Å². The van der Waals surface area contributed by atoms with Gasteiger partial charge in [-0.25, -0.2) is 0 Å². The Morgan fingerprint density at radius 3 is 2.80 bits per heavy atom. The lowest BCUT2D eigenvalue weighted by molar-refractivity contribution is -0.385. The van der Waals surface area contributed by atoms with Gasteiger partial charge in [0.1, 0.15) is 0 Å². The number of nitro groups is 1. The van der Waals surface area contributed by atoms with Crippen LogP contribution in [0.4, 0.5) is 5.69 Å². The number of nitrogens with two attached hydrogens (primary N) is 1. The highest BCUT2D eigenvalue weighted by atomic mass is 35.5. The summed E-state index contributed by atoms with van der Waals surface area (Å²) >= 11 is 5.73. The molecule has 0 radical (unpaired) electrons. The molecule has 1 atom stereocenters. The molecule has 0 aliphatic carbocycles. The van der Waals surface area contributed by atoms with E-state index in [1.165, 1.54) is 18.2 Å². The van der Waals surface area contributed by atoms with Crippen molar-refractivity contribution in [2.45, 2.75) is 12.5 Å². The van der Waals surface area contributed by atoms with E-state index in [0.29, 0.717) is 10.6 Å². The predicted molar refractivity (Wildman–Crippen MR) is 56.7 cm³/mol. The minimum Gasteiger partial charge on any atom is -0.396 e. The molecule has 6 heteroatoms. The van der Waals surface area contributed by atoms with Gasteiger partial charge in [0.2, 0.25) is 0 Å². The summed E-state index contributed by atoms with van der Waals surface area (Å²) in [6.45, 7) is -0.120. The van der Waals surface area contributed by atoms with Gasteiger partial charge in [-0.2, -0.15) is 0 Å². The molecule has 3 N–H and O–H groups in total. The average molecular weight is 231 g/mol. The Bertz CT molecular complexity index is 370. The van der Waals surface area contributed by atoms with E-state index in [0.717, 1.165) is 0 Å². The van der Waals surface area contributed by atoms with Gasteiger partial charge < -0.3 is 10.8 Å². The summed E-state index contributed by atoms with van der Waals surface area (Å²) in [6.07, 6.45) is 0.265. The number of nitro benzene ring substituents is 1. The van der Waals surface area contributed by atoms with E-state index in [1.54, 1.807) is 0 Å². The predicted octanol–water partition coefficient (Wildman–Crippen LogP) is 1.63. The topological polar surface area (TPSA) is 89.4 Å². The molecule has 1 aromatic carbocycles. The lowest BCUT2D eigenvalue weighted by Crippen LogP contribution is -2.13. The molecule has 15 heavy (non-hydrogen) atoms. The normalized spacial score (nSPS) is 12.5. The minimum absolute atomic E-state index is 0.0691. The fourth-order valence-electron chi connectivity index (χ4n) is 1.28. The molecule has 0 aliphatic rings. The van der Waals surface area contributed by atoms with Crippen molar-refractivity contribution >= 4 is 17.3 Å². The summed E-state index contributed by atoms with van der Waals surface area (Å²) in [6, 6.07) is 3.64. The van der Waals surface area contributed by atoms with Crippen LogP contribution in [0.1, 0.15) is 18.0 Å². The van der Waals surface area contributed by atoms with Crippen molar-refractivity contribution in [3.8, 4) is 0 Å². The molecule has 0 fully saturated rings. The summed E-state index contributed by atoms with van der Waals surface area (Å²) in [5, 5.41) is 19.8. The van der Waals surface area contributed by atoms with Crippen LogP contribution >= 0.6 is 11.6 Å². The molecule has 0 aromatic heterocycles. The number of hydrogen-bond acceptors (Lipinski definition) is 4. The van der Waals surface area contributed by atoms with Crippen LogP contribution in [-0.2, 0) is 0 Å². The summed E-state index contributed by atoms with van der Waals surface area (Å²) in [5.74, 6) is 0. The van der Waals surface area contributed by atoms with Crippen molar-refractivity contribution in [2.75, 3.05) is 6.61 Å². The molecule has 0 saturated carbocycles. The molecule has 0 aliphatic heterocycles. The molecule has 5 nitrogen and oxygen atoms in total. The molecule has 0 amide bonds. The third-order valence-corrected chi connectivity index (χ3v) is 2.26. The van der Waals surface area contributed by atoms with Crippen molar-refractivity contribution in [3.05, 3.63) is 38.9 Å². The van der Waals surface area contributed by atoms with Crippen LogP contribution in [0.3, 0.4) is 0 Å². The fourth-order valence-corrected chi connectivity index (χ4v) is 1.46. The second kappa shape index (κ2) is 5.06. The van der Waals surface area contributed by atoms with Crippen molar-refractivity contribution in [1.82, 2.24) is 0 Å². The zero-order valence-corrected chi connectivity index (χ0v) is 8.65. The molecule has 0 spiro atoms. The molecular weight excluding hydrogens is 220 g/mol. The van der Waals surface area contributed by atoms with Crippen LogP contribution in [0.2, 0.25) is 5.02 Å². The Labute approximate surface area is 91.6 Å². The van der Waals surface area contributed by atoms with Crippen LogP contribution in [0.25, 0.3) is 0 Å². The van der Waals surface area contributed by atoms with Crippen LogP contribution < -0.4 is 5.73 Å². The maximum atomic E-state index is 10.7. The highest BCUT2D eigenvalue weighted by Gasteiger charge is 2.19. The third kappa shape index (κ3) is 2.89. The van der Waals surface area contributed by atoms with E-state index in [2.05, 4.69) is 0 Å². The van der Waals surface area contributed by atoms with Gasteiger partial charge in [-0.1, -0.05) is 11.6 Å². The zero-order chi connectivity index (χ0) is 11.4. The summed E-state index contributed by atoms with van der Waals surface area (Å²) in [4.78, 5) is 10.2. The van der Waals surface area contributed by atoms with Crippen molar-refractivity contribution < 1.29 is 10.0 Å². The Hall–Kier alpha value is -1.17. The maximum Gasteiger partial charge on any atom is 0.274 e. The first-order chi connectivity index (χ1) is 7.06. The molecule has 82 valence electrons. The molecule has 1 rings (SSSR count). The molecule has 0 saturated heterocycles. The second-order valence-corrected chi connectivity index (χ2v) is 3.52. The number of nitrogens with zero attached hydrogens (tertiary/aromatic N) is 1. The number of hydrogen-bond donors (Lipinski definition) is 2. The Balaban J connectivity index is 3.12. The van der Waals surface area contributed by atoms with Crippen molar-refractivity contribution in [1.29, 1.82) is 0 Å². The van der Waals surface area contributed by atoms with E-state index in [-0.39, 0.29) is 18.7 Å². The molecule has 0 bridgehead atoms. The van der Waals surface area contributed by atoms with Crippen molar-refractivity contribution in [3.63, 3.8) is 0 Å². The lowest BCUT2D eigenvalue weighted by atomic mass is 10.0. The van der Waals surface area contributed by atoms with Crippen LogP contribution in [-0.4, -0.2) is 16.6 Å². The van der Waals surface area contributed by atoms with E-state index in [1.807, 2.05) is 0 Å². The average Bonchev–Trinajstić information content (AvgIpc) is 2.17. The van der Waals surface area contributed by atoms with E-state index >= 15 is 0 Å². The third-order valence-electron chi connectivity index (χ3n) is 2.03. The fraction of sp³-hybridized carbons (Fsp3) is 0.333. The van der Waals surface area contributed by atoms with E-state index in [9.17, 15) is 10.1 Å². The number of halogens is 1.